The van der Waals surface area contributed by atoms with Crippen molar-refractivity contribution in [2.24, 2.45) is 5.92 Å². The number of hydrogen-bond donors (Lipinski definition) is 1. The molecule has 1 amide bonds. The SMILES string of the molecule is Cc1cc(C(F)(F)F)c(C#N)c(N2C[C@@H](C(C)(C)O)[C@H]2C(=O)N(C)c2ccc(F)c(Cl)c2)n1. The summed E-state index contributed by atoms with van der Waals surface area (Å²) in [6.45, 7) is 4.33. The van der Waals surface area contributed by atoms with Crippen LogP contribution in [0.5, 0.6) is 0 Å². The van der Waals surface area contributed by atoms with Crippen molar-refractivity contribution in [3.05, 3.63) is 51.9 Å². The molecule has 2 aromatic rings. The van der Waals surface area contributed by atoms with E-state index in [-0.39, 0.29) is 28.8 Å². The van der Waals surface area contributed by atoms with Gasteiger partial charge in [0.05, 0.1) is 16.2 Å². The van der Waals surface area contributed by atoms with E-state index in [4.69, 9.17) is 11.6 Å². The van der Waals surface area contributed by atoms with Gasteiger partial charge in [0.2, 0.25) is 5.91 Å². The van der Waals surface area contributed by atoms with E-state index in [2.05, 4.69) is 4.98 Å². The Balaban J connectivity index is 2.09. The Morgan fingerprint density at radius 2 is 1.97 bits per heavy atom. The molecular weight excluding hydrogens is 464 g/mol. The highest BCUT2D eigenvalue weighted by Crippen LogP contribution is 2.42. The zero-order valence-electron chi connectivity index (χ0n) is 18.2. The van der Waals surface area contributed by atoms with Crippen molar-refractivity contribution in [1.82, 2.24) is 4.98 Å². The van der Waals surface area contributed by atoms with Gasteiger partial charge in [-0.3, -0.25) is 4.79 Å². The number of amides is 1. The van der Waals surface area contributed by atoms with Gasteiger partial charge in [-0.2, -0.15) is 18.4 Å². The van der Waals surface area contributed by atoms with Crippen LogP contribution in [0.1, 0.15) is 30.7 Å². The summed E-state index contributed by atoms with van der Waals surface area (Å²) in [6, 6.07) is 4.87. The maximum atomic E-state index is 13.6. The molecule has 1 saturated heterocycles. The number of rotatable bonds is 4. The van der Waals surface area contributed by atoms with Crippen LogP contribution in [0.4, 0.5) is 29.1 Å². The lowest BCUT2D eigenvalue weighted by molar-refractivity contribution is -0.137. The van der Waals surface area contributed by atoms with Crippen molar-refractivity contribution in [2.75, 3.05) is 23.4 Å². The first-order valence-corrected chi connectivity index (χ1v) is 10.2. The minimum atomic E-state index is -4.80. The van der Waals surface area contributed by atoms with Gasteiger partial charge in [-0.15, -0.1) is 0 Å². The third-order valence-corrected chi connectivity index (χ3v) is 6.00. The molecule has 0 bridgehead atoms. The molecule has 3 rings (SSSR count). The number of aliphatic hydroxyl groups is 1. The summed E-state index contributed by atoms with van der Waals surface area (Å²) < 4.78 is 54.2. The number of alkyl halides is 3. The molecule has 0 unspecified atom stereocenters. The van der Waals surface area contributed by atoms with Gasteiger partial charge in [-0.05, 0) is 45.0 Å². The number of hydrogen-bond acceptors (Lipinski definition) is 5. The smallest absolute Gasteiger partial charge is 0.390 e. The van der Waals surface area contributed by atoms with Gasteiger partial charge in [0.25, 0.3) is 0 Å². The number of anilines is 2. The number of nitrogens with zero attached hydrogens (tertiary/aromatic N) is 4. The van der Waals surface area contributed by atoms with E-state index >= 15 is 0 Å². The topological polar surface area (TPSA) is 80.5 Å². The zero-order chi connectivity index (χ0) is 24.9. The number of carbonyl (C=O) groups is 1. The highest BCUT2D eigenvalue weighted by Gasteiger charge is 2.53. The third kappa shape index (κ3) is 4.61. The Morgan fingerprint density at radius 3 is 2.48 bits per heavy atom. The summed E-state index contributed by atoms with van der Waals surface area (Å²) >= 11 is 5.82. The van der Waals surface area contributed by atoms with Crippen LogP contribution in [0, 0.1) is 30.0 Å². The maximum Gasteiger partial charge on any atom is 0.417 e. The number of aryl methyl sites for hydroxylation is 1. The van der Waals surface area contributed by atoms with Crippen LogP contribution in [0.25, 0.3) is 0 Å². The summed E-state index contributed by atoms with van der Waals surface area (Å²) in [4.78, 5) is 20.0. The molecule has 176 valence electrons. The van der Waals surface area contributed by atoms with Crippen molar-refractivity contribution in [2.45, 2.75) is 38.6 Å². The zero-order valence-corrected chi connectivity index (χ0v) is 19.0. The van der Waals surface area contributed by atoms with E-state index in [0.717, 1.165) is 12.1 Å². The van der Waals surface area contributed by atoms with Gasteiger partial charge in [0.15, 0.2) is 0 Å². The molecule has 2 heterocycles. The molecule has 0 aliphatic carbocycles. The van der Waals surface area contributed by atoms with E-state index < -0.39 is 46.6 Å². The summed E-state index contributed by atoms with van der Waals surface area (Å²) in [5, 5.41) is 19.9. The highest BCUT2D eigenvalue weighted by atomic mass is 35.5. The van der Waals surface area contributed by atoms with E-state index in [1.165, 1.54) is 49.8 Å². The number of halogens is 5. The fourth-order valence-corrected chi connectivity index (χ4v) is 4.03. The molecule has 33 heavy (non-hydrogen) atoms. The molecule has 1 aromatic carbocycles. The van der Waals surface area contributed by atoms with Crippen LogP contribution >= 0.6 is 11.6 Å². The molecule has 1 aromatic heterocycles. The van der Waals surface area contributed by atoms with Crippen LogP contribution in [-0.2, 0) is 11.0 Å². The van der Waals surface area contributed by atoms with Crippen molar-refractivity contribution in [3.8, 4) is 6.07 Å². The lowest BCUT2D eigenvalue weighted by Crippen LogP contribution is -2.69. The molecular formula is C22H21ClF4N4O2. The summed E-state index contributed by atoms with van der Waals surface area (Å²) in [7, 11) is 1.40. The van der Waals surface area contributed by atoms with Crippen molar-refractivity contribution in [1.29, 1.82) is 5.26 Å². The molecule has 0 saturated carbocycles. The van der Waals surface area contributed by atoms with Crippen LogP contribution in [0.3, 0.4) is 0 Å². The lowest BCUT2D eigenvalue weighted by atomic mass is 9.76. The molecule has 1 fully saturated rings. The van der Waals surface area contributed by atoms with E-state index in [0.29, 0.717) is 0 Å². The third-order valence-electron chi connectivity index (χ3n) is 5.71. The standard InChI is InChI=1S/C22H21ClF4N4O2/c1-11-7-14(22(25,26)27)13(9-28)19(29-11)31-10-15(21(2,3)33)18(31)20(32)30(4)12-5-6-17(24)16(23)8-12/h5-8,15,18,33H,10H2,1-4H3/t15-,18+/m1/s1. The first-order chi connectivity index (χ1) is 15.2. The minimum absolute atomic E-state index is 0.000348. The average Bonchev–Trinajstić information content (AvgIpc) is 2.66. The molecule has 11 heteroatoms. The largest absolute Gasteiger partial charge is 0.417 e. The van der Waals surface area contributed by atoms with Crippen LogP contribution < -0.4 is 9.80 Å². The number of benzene rings is 1. The number of pyridine rings is 1. The Bertz CT molecular complexity index is 1140. The first kappa shape index (κ1) is 24.7. The predicted octanol–water partition coefficient (Wildman–Crippen LogP) is 4.31. The summed E-state index contributed by atoms with van der Waals surface area (Å²) in [5.41, 5.74) is -2.94. The number of carbonyl (C=O) groups excluding carboxylic acids is 1. The minimum Gasteiger partial charge on any atom is -0.390 e. The lowest BCUT2D eigenvalue weighted by Gasteiger charge is -2.53. The van der Waals surface area contributed by atoms with Gasteiger partial charge >= 0.3 is 6.18 Å². The monoisotopic (exact) mass is 484 g/mol. The number of likely N-dealkylation sites (N-methyl/N-ethyl adjacent to an activating group) is 1. The second kappa shape index (κ2) is 8.47. The van der Waals surface area contributed by atoms with E-state index in [1.807, 2.05) is 0 Å². The molecule has 1 aliphatic rings. The summed E-state index contributed by atoms with van der Waals surface area (Å²) in [6.07, 6.45) is -4.80. The van der Waals surface area contributed by atoms with Gasteiger partial charge in [-0.1, -0.05) is 11.6 Å². The number of aromatic nitrogens is 1. The van der Waals surface area contributed by atoms with Gasteiger partial charge in [0.1, 0.15) is 29.3 Å². The molecule has 0 radical (unpaired) electrons. The fourth-order valence-electron chi connectivity index (χ4n) is 3.86. The molecule has 1 aliphatic heterocycles. The maximum absolute atomic E-state index is 13.6. The van der Waals surface area contributed by atoms with Gasteiger partial charge in [0, 0.05) is 30.9 Å². The summed E-state index contributed by atoms with van der Waals surface area (Å²) in [5.74, 6) is -2.22. The molecule has 6 nitrogen and oxygen atoms in total. The Morgan fingerprint density at radius 1 is 1.33 bits per heavy atom. The molecule has 2 atom stereocenters. The second-order valence-electron chi connectivity index (χ2n) is 8.47. The van der Waals surface area contributed by atoms with Crippen LogP contribution in [0.15, 0.2) is 24.3 Å². The fraction of sp³-hybridized carbons (Fsp3) is 0.409. The second-order valence-corrected chi connectivity index (χ2v) is 8.88. The van der Waals surface area contributed by atoms with Crippen LogP contribution in [0.2, 0.25) is 5.02 Å². The van der Waals surface area contributed by atoms with Crippen LogP contribution in [-0.4, -0.2) is 41.2 Å². The Hall–Kier alpha value is -2.90. The Kier molecular flexibility index (Phi) is 6.35. The van der Waals surface area contributed by atoms with Crippen molar-refractivity contribution < 1.29 is 27.5 Å². The molecule has 1 N–H and O–H groups in total. The van der Waals surface area contributed by atoms with Gasteiger partial charge < -0.3 is 14.9 Å². The number of nitriles is 1. The average molecular weight is 485 g/mol. The normalized spacial score (nSPS) is 18.5. The first-order valence-electron chi connectivity index (χ1n) is 9.87. The van der Waals surface area contributed by atoms with Crippen molar-refractivity contribution in [3.63, 3.8) is 0 Å². The van der Waals surface area contributed by atoms with E-state index in [9.17, 15) is 32.7 Å². The van der Waals surface area contributed by atoms with E-state index in [1.54, 1.807) is 6.07 Å². The quantitative estimate of drug-likeness (QED) is 0.654. The Labute approximate surface area is 193 Å². The highest BCUT2D eigenvalue weighted by molar-refractivity contribution is 6.31. The predicted molar refractivity (Wildman–Crippen MR) is 114 cm³/mol. The van der Waals surface area contributed by atoms with Gasteiger partial charge in [-0.25, -0.2) is 9.37 Å². The molecule has 0 spiro atoms. The van der Waals surface area contributed by atoms with Crippen molar-refractivity contribution >= 4 is 29.0 Å².